The van der Waals surface area contributed by atoms with E-state index in [1.54, 1.807) is 19.1 Å². The highest BCUT2D eigenvalue weighted by molar-refractivity contribution is 6.32. The lowest BCUT2D eigenvalue weighted by atomic mass is 10.1. The number of hydrogen-bond donors (Lipinski definition) is 2. The summed E-state index contributed by atoms with van der Waals surface area (Å²) in [6, 6.07) is 8.58. The Hall–Kier alpha value is -2.07. The number of rotatable bonds is 2. The van der Waals surface area contributed by atoms with Crippen molar-refractivity contribution in [3.05, 3.63) is 58.4 Å². The van der Waals surface area contributed by atoms with Gasteiger partial charge in [0.1, 0.15) is 11.6 Å². The second-order valence-electron chi connectivity index (χ2n) is 4.05. The van der Waals surface area contributed by atoms with Crippen LogP contribution in [0.5, 0.6) is 5.75 Å². The number of aromatic hydroxyl groups is 1. The molecule has 2 aromatic rings. The summed E-state index contributed by atoms with van der Waals surface area (Å²) < 4.78 is 13.6. The van der Waals surface area contributed by atoms with Gasteiger partial charge in [-0.1, -0.05) is 23.7 Å². The first-order chi connectivity index (χ1) is 8.99. The fourth-order valence-corrected chi connectivity index (χ4v) is 1.80. The highest BCUT2D eigenvalue weighted by Gasteiger charge is 2.12. The molecule has 0 aliphatic rings. The molecule has 0 heterocycles. The van der Waals surface area contributed by atoms with Crippen LogP contribution < -0.4 is 5.32 Å². The molecule has 0 aliphatic heterocycles. The van der Waals surface area contributed by atoms with Crippen molar-refractivity contribution in [2.75, 3.05) is 5.32 Å². The van der Waals surface area contributed by atoms with Gasteiger partial charge in [-0.2, -0.15) is 0 Å². The molecule has 19 heavy (non-hydrogen) atoms. The van der Waals surface area contributed by atoms with Crippen LogP contribution in [0.1, 0.15) is 15.9 Å². The molecule has 0 saturated heterocycles. The predicted octanol–water partition coefficient (Wildman–Crippen LogP) is 3.75. The summed E-state index contributed by atoms with van der Waals surface area (Å²) in [5.41, 5.74) is 1.00. The molecule has 2 N–H and O–H groups in total. The topological polar surface area (TPSA) is 49.3 Å². The van der Waals surface area contributed by atoms with Crippen molar-refractivity contribution in [1.82, 2.24) is 0 Å². The summed E-state index contributed by atoms with van der Waals surface area (Å²) in [5.74, 6) is -1.10. The Kier molecular flexibility index (Phi) is 3.71. The van der Waals surface area contributed by atoms with Crippen LogP contribution in [0.2, 0.25) is 5.02 Å². The second kappa shape index (κ2) is 5.28. The minimum Gasteiger partial charge on any atom is -0.506 e. The molecule has 0 radical (unpaired) electrons. The van der Waals surface area contributed by atoms with E-state index in [-0.39, 0.29) is 22.0 Å². The molecule has 0 bridgehead atoms. The fourth-order valence-electron chi connectivity index (χ4n) is 1.62. The maximum Gasteiger partial charge on any atom is 0.255 e. The van der Waals surface area contributed by atoms with Gasteiger partial charge in [0.15, 0.2) is 0 Å². The van der Waals surface area contributed by atoms with Crippen molar-refractivity contribution < 1.29 is 14.3 Å². The van der Waals surface area contributed by atoms with Gasteiger partial charge in [-0.05, 0) is 36.8 Å². The SMILES string of the molecule is Cc1cccc(F)c1NC(=O)c1ccc(O)c(Cl)c1. The third kappa shape index (κ3) is 2.85. The highest BCUT2D eigenvalue weighted by atomic mass is 35.5. The van der Waals surface area contributed by atoms with Crippen molar-refractivity contribution in [1.29, 1.82) is 0 Å². The molecule has 2 rings (SSSR count). The summed E-state index contributed by atoms with van der Waals surface area (Å²) in [5, 5.41) is 11.8. The van der Waals surface area contributed by atoms with Crippen LogP contribution in [0, 0.1) is 12.7 Å². The van der Waals surface area contributed by atoms with Crippen molar-refractivity contribution in [3.8, 4) is 5.75 Å². The van der Waals surface area contributed by atoms with Crippen LogP contribution in [-0.4, -0.2) is 11.0 Å². The van der Waals surface area contributed by atoms with Gasteiger partial charge in [-0.3, -0.25) is 4.79 Å². The largest absolute Gasteiger partial charge is 0.506 e. The van der Waals surface area contributed by atoms with E-state index in [4.69, 9.17) is 11.6 Å². The normalized spacial score (nSPS) is 10.3. The summed E-state index contributed by atoms with van der Waals surface area (Å²) >= 11 is 5.72. The first kappa shape index (κ1) is 13.4. The summed E-state index contributed by atoms with van der Waals surface area (Å²) in [6.45, 7) is 1.70. The van der Waals surface area contributed by atoms with Gasteiger partial charge in [-0.25, -0.2) is 4.39 Å². The molecule has 0 fully saturated rings. The number of benzene rings is 2. The molecular formula is C14H11ClFNO2. The van der Waals surface area contributed by atoms with Crippen molar-refractivity contribution in [3.63, 3.8) is 0 Å². The number of halogens is 2. The zero-order valence-corrected chi connectivity index (χ0v) is 10.8. The highest BCUT2D eigenvalue weighted by Crippen LogP contribution is 2.25. The Bertz CT molecular complexity index is 623. The van der Waals surface area contributed by atoms with E-state index in [0.29, 0.717) is 5.56 Å². The predicted molar refractivity (Wildman–Crippen MR) is 72.2 cm³/mol. The maximum atomic E-state index is 13.6. The zero-order chi connectivity index (χ0) is 14.0. The number of amides is 1. The number of hydrogen-bond acceptors (Lipinski definition) is 2. The molecule has 98 valence electrons. The van der Waals surface area contributed by atoms with Crippen LogP contribution in [0.3, 0.4) is 0 Å². The quantitative estimate of drug-likeness (QED) is 0.880. The van der Waals surface area contributed by atoms with Crippen LogP contribution in [-0.2, 0) is 0 Å². The molecule has 0 aromatic heterocycles. The Morgan fingerprint density at radius 2 is 2.05 bits per heavy atom. The number of para-hydroxylation sites is 1. The van der Waals surface area contributed by atoms with Crippen LogP contribution >= 0.6 is 11.6 Å². The lowest BCUT2D eigenvalue weighted by Gasteiger charge is -2.09. The third-order valence-corrected chi connectivity index (χ3v) is 2.97. The number of phenols is 1. The fraction of sp³-hybridized carbons (Fsp3) is 0.0714. The molecule has 2 aromatic carbocycles. The Morgan fingerprint density at radius 1 is 1.32 bits per heavy atom. The molecule has 0 aliphatic carbocycles. The van der Waals surface area contributed by atoms with Gasteiger partial charge in [0.2, 0.25) is 0 Å². The number of carbonyl (C=O) groups is 1. The Morgan fingerprint density at radius 3 is 2.68 bits per heavy atom. The average molecular weight is 280 g/mol. The van der Waals surface area contributed by atoms with E-state index in [1.165, 1.54) is 24.3 Å². The second-order valence-corrected chi connectivity index (χ2v) is 4.46. The summed E-state index contributed by atoms with van der Waals surface area (Å²) in [4.78, 5) is 12.0. The molecule has 0 spiro atoms. The molecule has 0 atom stereocenters. The molecule has 3 nitrogen and oxygen atoms in total. The average Bonchev–Trinajstić information content (AvgIpc) is 2.37. The first-order valence-electron chi connectivity index (χ1n) is 5.54. The molecule has 1 amide bonds. The number of anilines is 1. The third-order valence-electron chi connectivity index (χ3n) is 2.67. The van der Waals surface area contributed by atoms with E-state index >= 15 is 0 Å². The van der Waals surface area contributed by atoms with Gasteiger partial charge in [0.05, 0.1) is 10.7 Å². The first-order valence-corrected chi connectivity index (χ1v) is 5.92. The van der Waals surface area contributed by atoms with Gasteiger partial charge in [0.25, 0.3) is 5.91 Å². The van der Waals surface area contributed by atoms with E-state index in [0.717, 1.165) is 0 Å². The van der Waals surface area contributed by atoms with Crippen molar-refractivity contribution >= 4 is 23.2 Å². The van der Waals surface area contributed by atoms with Gasteiger partial charge in [0, 0.05) is 5.56 Å². The molecule has 5 heteroatoms. The number of carbonyl (C=O) groups excluding carboxylic acids is 1. The molecule has 0 saturated carbocycles. The minimum atomic E-state index is -0.502. The van der Waals surface area contributed by atoms with Crippen molar-refractivity contribution in [2.24, 2.45) is 0 Å². The van der Waals surface area contributed by atoms with E-state index < -0.39 is 11.7 Å². The van der Waals surface area contributed by atoms with Crippen LogP contribution in [0.25, 0.3) is 0 Å². The van der Waals surface area contributed by atoms with Gasteiger partial charge < -0.3 is 10.4 Å². The monoisotopic (exact) mass is 279 g/mol. The summed E-state index contributed by atoms with van der Waals surface area (Å²) in [7, 11) is 0. The lowest BCUT2D eigenvalue weighted by Crippen LogP contribution is -2.13. The lowest BCUT2D eigenvalue weighted by molar-refractivity contribution is 0.102. The minimum absolute atomic E-state index is 0.0675. The van der Waals surface area contributed by atoms with E-state index in [1.807, 2.05) is 0 Å². The molecule has 0 unspecified atom stereocenters. The summed E-state index contributed by atoms with van der Waals surface area (Å²) in [6.07, 6.45) is 0. The maximum absolute atomic E-state index is 13.6. The van der Waals surface area contributed by atoms with Gasteiger partial charge in [-0.15, -0.1) is 0 Å². The standard InChI is InChI=1S/C14H11ClFNO2/c1-8-3-2-4-11(16)13(8)17-14(19)9-5-6-12(18)10(15)7-9/h2-7,18H,1H3,(H,17,19). The van der Waals surface area contributed by atoms with E-state index in [2.05, 4.69) is 5.32 Å². The number of aryl methyl sites for hydroxylation is 1. The van der Waals surface area contributed by atoms with Crippen molar-refractivity contribution in [2.45, 2.75) is 6.92 Å². The van der Waals surface area contributed by atoms with Crippen LogP contribution in [0.4, 0.5) is 10.1 Å². The van der Waals surface area contributed by atoms with Gasteiger partial charge >= 0.3 is 0 Å². The zero-order valence-electron chi connectivity index (χ0n) is 10.1. The Labute approximate surface area is 114 Å². The number of phenolic OH excluding ortho intramolecular Hbond substituents is 1. The smallest absolute Gasteiger partial charge is 0.255 e. The number of nitrogens with one attached hydrogen (secondary N) is 1. The Balaban J connectivity index is 2.28. The van der Waals surface area contributed by atoms with E-state index in [9.17, 15) is 14.3 Å². The molecular weight excluding hydrogens is 269 g/mol. The van der Waals surface area contributed by atoms with Crippen LogP contribution in [0.15, 0.2) is 36.4 Å².